The number of carbonyl (C=O) groups excluding carboxylic acids is 1. The van der Waals surface area contributed by atoms with Crippen molar-refractivity contribution in [2.75, 3.05) is 18.4 Å². The van der Waals surface area contributed by atoms with Gasteiger partial charge in [0.25, 0.3) is 0 Å². The van der Waals surface area contributed by atoms with Crippen LogP contribution in [0.3, 0.4) is 0 Å². The van der Waals surface area contributed by atoms with Crippen LogP contribution in [0.1, 0.15) is 18.1 Å². The SMILES string of the molecule is Cc1cc(OCc2cccc(F)c2)ccc1NC(=O)C(C)C1CNC1. The molecule has 1 aliphatic rings. The van der Waals surface area contributed by atoms with Crippen LogP contribution in [-0.4, -0.2) is 19.0 Å². The van der Waals surface area contributed by atoms with E-state index in [0.29, 0.717) is 18.3 Å². The summed E-state index contributed by atoms with van der Waals surface area (Å²) in [7, 11) is 0. The van der Waals surface area contributed by atoms with E-state index in [1.165, 1.54) is 12.1 Å². The monoisotopic (exact) mass is 342 g/mol. The van der Waals surface area contributed by atoms with E-state index in [4.69, 9.17) is 4.74 Å². The van der Waals surface area contributed by atoms with Crippen LogP contribution < -0.4 is 15.4 Å². The van der Waals surface area contributed by atoms with Crippen molar-refractivity contribution >= 4 is 11.6 Å². The average Bonchev–Trinajstić information content (AvgIpc) is 2.53. The van der Waals surface area contributed by atoms with Gasteiger partial charge < -0.3 is 15.4 Å². The Balaban J connectivity index is 1.59. The molecule has 1 fully saturated rings. The highest BCUT2D eigenvalue weighted by Crippen LogP contribution is 2.24. The van der Waals surface area contributed by atoms with Crippen LogP contribution in [0.15, 0.2) is 42.5 Å². The van der Waals surface area contributed by atoms with E-state index in [2.05, 4.69) is 10.6 Å². The molecule has 1 heterocycles. The summed E-state index contributed by atoms with van der Waals surface area (Å²) in [5.41, 5.74) is 2.50. The number of hydrogen-bond donors (Lipinski definition) is 2. The molecule has 2 aromatic carbocycles. The van der Waals surface area contributed by atoms with Crippen molar-refractivity contribution in [3.63, 3.8) is 0 Å². The van der Waals surface area contributed by atoms with Crippen molar-refractivity contribution in [1.29, 1.82) is 0 Å². The van der Waals surface area contributed by atoms with Crippen LogP contribution in [0.2, 0.25) is 0 Å². The van der Waals surface area contributed by atoms with Crippen molar-refractivity contribution in [1.82, 2.24) is 5.32 Å². The summed E-state index contributed by atoms with van der Waals surface area (Å²) < 4.78 is 18.9. The number of carbonyl (C=O) groups is 1. The summed E-state index contributed by atoms with van der Waals surface area (Å²) in [6.07, 6.45) is 0. The van der Waals surface area contributed by atoms with E-state index in [-0.39, 0.29) is 17.6 Å². The van der Waals surface area contributed by atoms with Crippen molar-refractivity contribution in [2.45, 2.75) is 20.5 Å². The number of benzene rings is 2. The summed E-state index contributed by atoms with van der Waals surface area (Å²) in [6.45, 7) is 6.00. The molecule has 0 spiro atoms. The standard InChI is InChI=1S/C20H23FN2O2/c1-13-8-18(25-12-15-4-3-5-17(21)9-15)6-7-19(13)23-20(24)14(2)16-10-22-11-16/h3-9,14,16,22H,10-12H2,1-2H3,(H,23,24). The first-order chi connectivity index (χ1) is 12.0. The smallest absolute Gasteiger partial charge is 0.227 e. The normalized spacial score (nSPS) is 15.3. The molecular weight excluding hydrogens is 319 g/mol. The van der Waals surface area contributed by atoms with E-state index < -0.39 is 0 Å². The quantitative estimate of drug-likeness (QED) is 0.845. The number of halogens is 1. The Bertz CT molecular complexity index is 759. The van der Waals surface area contributed by atoms with Gasteiger partial charge in [-0.1, -0.05) is 19.1 Å². The Labute approximate surface area is 147 Å². The Kier molecular flexibility index (Phi) is 5.34. The molecule has 0 aliphatic carbocycles. The molecule has 1 aliphatic heterocycles. The third-order valence-electron chi connectivity index (χ3n) is 4.68. The second-order valence-electron chi connectivity index (χ2n) is 6.59. The lowest BCUT2D eigenvalue weighted by Crippen LogP contribution is -2.48. The lowest BCUT2D eigenvalue weighted by atomic mass is 9.88. The zero-order chi connectivity index (χ0) is 17.8. The van der Waals surface area contributed by atoms with Gasteiger partial charge in [-0.25, -0.2) is 4.39 Å². The fourth-order valence-electron chi connectivity index (χ4n) is 2.78. The molecular formula is C20H23FN2O2. The minimum absolute atomic E-state index is 0.00967. The second kappa shape index (κ2) is 7.66. The maximum atomic E-state index is 13.2. The molecule has 132 valence electrons. The van der Waals surface area contributed by atoms with E-state index in [9.17, 15) is 9.18 Å². The topological polar surface area (TPSA) is 50.4 Å². The van der Waals surface area contributed by atoms with Gasteiger partial charge in [0.2, 0.25) is 5.91 Å². The number of aryl methyl sites for hydroxylation is 1. The van der Waals surface area contributed by atoms with Gasteiger partial charge in [-0.2, -0.15) is 0 Å². The largest absolute Gasteiger partial charge is 0.489 e. The molecule has 0 radical (unpaired) electrons. The molecule has 1 unspecified atom stereocenters. The van der Waals surface area contributed by atoms with Crippen LogP contribution in [0, 0.1) is 24.6 Å². The fourth-order valence-corrected chi connectivity index (χ4v) is 2.78. The molecule has 2 N–H and O–H groups in total. The first-order valence-corrected chi connectivity index (χ1v) is 8.52. The highest BCUT2D eigenvalue weighted by molar-refractivity contribution is 5.93. The highest BCUT2D eigenvalue weighted by atomic mass is 19.1. The van der Waals surface area contributed by atoms with Gasteiger partial charge in [-0.05, 0) is 67.4 Å². The Morgan fingerprint density at radius 3 is 2.76 bits per heavy atom. The Morgan fingerprint density at radius 2 is 2.12 bits per heavy atom. The van der Waals surface area contributed by atoms with Crippen LogP contribution in [0.4, 0.5) is 10.1 Å². The van der Waals surface area contributed by atoms with Gasteiger partial charge >= 0.3 is 0 Å². The predicted octanol–water partition coefficient (Wildman–Crippen LogP) is 3.51. The lowest BCUT2D eigenvalue weighted by molar-refractivity contribution is -0.121. The maximum absolute atomic E-state index is 13.2. The maximum Gasteiger partial charge on any atom is 0.227 e. The molecule has 3 rings (SSSR count). The van der Waals surface area contributed by atoms with Gasteiger partial charge in [0.15, 0.2) is 0 Å². The van der Waals surface area contributed by atoms with Gasteiger partial charge in [-0.3, -0.25) is 4.79 Å². The number of hydrogen-bond acceptors (Lipinski definition) is 3. The summed E-state index contributed by atoms with van der Waals surface area (Å²) in [5, 5.41) is 6.19. The van der Waals surface area contributed by atoms with Gasteiger partial charge in [0.05, 0.1) is 0 Å². The molecule has 4 nitrogen and oxygen atoms in total. The number of ether oxygens (including phenoxy) is 1. The zero-order valence-electron chi connectivity index (χ0n) is 14.5. The molecule has 25 heavy (non-hydrogen) atoms. The van der Waals surface area contributed by atoms with Crippen LogP contribution in [0.25, 0.3) is 0 Å². The molecule has 1 saturated heterocycles. The van der Waals surface area contributed by atoms with Crippen LogP contribution >= 0.6 is 0 Å². The van der Waals surface area contributed by atoms with Crippen LogP contribution in [-0.2, 0) is 11.4 Å². The van der Waals surface area contributed by atoms with Crippen molar-refractivity contribution in [3.05, 3.63) is 59.4 Å². The van der Waals surface area contributed by atoms with E-state index in [1.54, 1.807) is 6.07 Å². The third-order valence-corrected chi connectivity index (χ3v) is 4.68. The third kappa shape index (κ3) is 4.37. The second-order valence-corrected chi connectivity index (χ2v) is 6.59. The number of anilines is 1. The first kappa shape index (κ1) is 17.4. The number of rotatable bonds is 6. The van der Waals surface area contributed by atoms with Crippen molar-refractivity contribution in [3.8, 4) is 5.75 Å². The zero-order valence-corrected chi connectivity index (χ0v) is 14.5. The lowest BCUT2D eigenvalue weighted by Gasteiger charge is -2.31. The minimum atomic E-state index is -0.272. The summed E-state index contributed by atoms with van der Waals surface area (Å²) >= 11 is 0. The van der Waals surface area contributed by atoms with Crippen LogP contribution in [0.5, 0.6) is 5.75 Å². The van der Waals surface area contributed by atoms with Gasteiger partial charge in [-0.15, -0.1) is 0 Å². The summed E-state index contributed by atoms with van der Waals surface area (Å²) in [6, 6.07) is 11.9. The fraction of sp³-hybridized carbons (Fsp3) is 0.350. The molecule has 0 bridgehead atoms. The first-order valence-electron chi connectivity index (χ1n) is 8.52. The molecule has 0 aromatic heterocycles. The van der Waals surface area contributed by atoms with E-state index in [0.717, 1.165) is 29.9 Å². The summed E-state index contributed by atoms with van der Waals surface area (Å²) in [5.74, 6) is 0.865. The number of nitrogens with one attached hydrogen (secondary N) is 2. The molecule has 2 aromatic rings. The van der Waals surface area contributed by atoms with Gasteiger partial charge in [0.1, 0.15) is 18.2 Å². The molecule has 0 saturated carbocycles. The average molecular weight is 342 g/mol. The molecule has 5 heteroatoms. The van der Waals surface area contributed by atoms with Crippen molar-refractivity contribution in [2.24, 2.45) is 11.8 Å². The van der Waals surface area contributed by atoms with Gasteiger partial charge in [0, 0.05) is 11.6 Å². The van der Waals surface area contributed by atoms with E-state index in [1.807, 2.05) is 38.1 Å². The van der Waals surface area contributed by atoms with Crippen molar-refractivity contribution < 1.29 is 13.9 Å². The highest BCUT2D eigenvalue weighted by Gasteiger charge is 2.28. The summed E-state index contributed by atoms with van der Waals surface area (Å²) in [4.78, 5) is 12.3. The molecule has 1 amide bonds. The number of amides is 1. The Hall–Kier alpha value is -2.40. The Morgan fingerprint density at radius 1 is 1.32 bits per heavy atom. The van der Waals surface area contributed by atoms with E-state index >= 15 is 0 Å². The molecule has 1 atom stereocenters. The minimum Gasteiger partial charge on any atom is -0.489 e. The predicted molar refractivity (Wildman–Crippen MR) is 96.1 cm³/mol.